The van der Waals surface area contributed by atoms with Crippen LogP contribution in [0.3, 0.4) is 0 Å². The first-order valence-electron chi connectivity index (χ1n) is 7.31. The summed E-state index contributed by atoms with van der Waals surface area (Å²) in [6.07, 6.45) is 9.95. The van der Waals surface area contributed by atoms with E-state index in [0.29, 0.717) is 12.0 Å². The highest BCUT2D eigenvalue weighted by Gasteiger charge is 2.28. The van der Waals surface area contributed by atoms with Crippen LogP contribution in [0.2, 0.25) is 0 Å². The maximum atomic E-state index is 12.2. The molecule has 2 unspecified atom stereocenters. The third-order valence-electron chi connectivity index (χ3n) is 4.25. The molecule has 3 nitrogen and oxygen atoms in total. The first kappa shape index (κ1) is 12.9. The third-order valence-corrected chi connectivity index (χ3v) is 4.25. The molecule has 2 N–H and O–H groups in total. The fraction of sp³-hybridized carbons (Fsp3) is 0.929. The summed E-state index contributed by atoms with van der Waals surface area (Å²) < 4.78 is 0. The van der Waals surface area contributed by atoms with Gasteiger partial charge in [-0.2, -0.15) is 0 Å². The van der Waals surface area contributed by atoms with E-state index in [1.54, 1.807) is 0 Å². The molecule has 1 aliphatic carbocycles. The van der Waals surface area contributed by atoms with Gasteiger partial charge >= 0.3 is 0 Å². The van der Waals surface area contributed by atoms with Crippen LogP contribution in [0.25, 0.3) is 0 Å². The number of piperidine rings is 1. The summed E-state index contributed by atoms with van der Waals surface area (Å²) >= 11 is 0. The van der Waals surface area contributed by atoms with E-state index in [1.807, 2.05) is 0 Å². The first-order chi connectivity index (χ1) is 8.27. The Morgan fingerprint density at radius 1 is 1.06 bits per heavy atom. The first-order valence-corrected chi connectivity index (χ1v) is 7.31. The lowest BCUT2D eigenvalue weighted by atomic mass is 9.92. The fourth-order valence-electron chi connectivity index (χ4n) is 3.12. The molecular formula is C14H26N2O. The van der Waals surface area contributed by atoms with Gasteiger partial charge < -0.3 is 10.6 Å². The highest BCUT2D eigenvalue weighted by atomic mass is 16.2. The Hall–Kier alpha value is -0.570. The van der Waals surface area contributed by atoms with Gasteiger partial charge in [0.2, 0.25) is 5.91 Å². The summed E-state index contributed by atoms with van der Waals surface area (Å²) in [6, 6.07) is 0.480. The number of rotatable bonds is 2. The van der Waals surface area contributed by atoms with E-state index < -0.39 is 0 Å². The Bertz CT molecular complexity index is 247. The van der Waals surface area contributed by atoms with Crippen molar-refractivity contribution in [3.63, 3.8) is 0 Å². The van der Waals surface area contributed by atoms with Crippen molar-refractivity contribution in [2.45, 2.75) is 70.4 Å². The van der Waals surface area contributed by atoms with Gasteiger partial charge in [-0.25, -0.2) is 0 Å². The van der Waals surface area contributed by atoms with Crippen LogP contribution in [-0.2, 0) is 4.79 Å². The molecule has 2 rings (SSSR count). The molecule has 1 saturated heterocycles. The van der Waals surface area contributed by atoms with Crippen LogP contribution in [0, 0.1) is 5.92 Å². The second-order valence-electron chi connectivity index (χ2n) is 5.75. The number of carbonyl (C=O) groups excluding carboxylic acids is 1. The molecule has 2 atom stereocenters. The Kier molecular flexibility index (Phi) is 4.84. The van der Waals surface area contributed by atoms with Crippen molar-refractivity contribution in [2.75, 3.05) is 6.54 Å². The number of amides is 1. The average Bonchev–Trinajstić information content (AvgIpc) is 2.58. The van der Waals surface area contributed by atoms with Crippen LogP contribution in [0.15, 0.2) is 0 Å². The van der Waals surface area contributed by atoms with Crippen LogP contribution in [0.1, 0.15) is 58.3 Å². The summed E-state index contributed by atoms with van der Waals surface area (Å²) in [5, 5.41) is 6.62. The van der Waals surface area contributed by atoms with E-state index in [-0.39, 0.29) is 11.9 Å². The molecule has 2 fully saturated rings. The van der Waals surface area contributed by atoms with Gasteiger partial charge in [0, 0.05) is 6.04 Å². The van der Waals surface area contributed by atoms with Crippen LogP contribution < -0.4 is 10.6 Å². The van der Waals surface area contributed by atoms with Crippen LogP contribution in [0.5, 0.6) is 0 Å². The minimum Gasteiger partial charge on any atom is -0.352 e. The quantitative estimate of drug-likeness (QED) is 0.724. The van der Waals surface area contributed by atoms with E-state index >= 15 is 0 Å². The van der Waals surface area contributed by atoms with Crippen molar-refractivity contribution in [1.29, 1.82) is 0 Å². The maximum Gasteiger partial charge on any atom is 0.237 e. The van der Waals surface area contributed by atoms with Gasteiger partial charge in [-0.3, -0.25) is 4.79 Å². The lowest BCUT2D eigenvalue weighted by Gasteiger charge is -2.30. The number of nitrogens with one attached hydrogen (secondary N) is 2. The fourth-order valence-corrected chi connectivity index (χ4v) is 3.12. The molecule has 1 saturated carbocycles. The van der Waals surface area contributed by atoms with Crippen molar-refractivity contribution < 1.29 is 4.79 Å². The molecule has 0 aromatic rings. The van der Waals surface area contributed by atoms with Crippen LogP contribution >= 0.6 is 0 Å². The topological polar surface area (TPSA) is 41.1 Å². The smallest absolute Gasteiger partial charge is 0.237 e. The normalized spacial score (nSPS) is 31.8. The molecule has 1 aliphatic heterocycles. The van der Waals surface area contributed by atoms with Crippen molar-refractivity contribution in [3.05, 3.63) is 0 Å². The summed E-state index contributed by atoms with van der Waals surface area (Å²) in [7, 11) is 0. The van der Waals surface area contributed by atoms with Gasteiger partial charge in [-0.15, -0.1) is 0 Å². The SMILES string of the molecule is CC1CCCNC1C(=O)NC1CCCCCC1. The second-order valence-corrected chi connectivity index (χ2v) is 5.75. The van der Waals surface area contributed by atoms with Gasteiger partial charge in [-0.1, -0.05) is 32.6 Å². The largest absolute Gasteiger partial charge is 0.352 e. The highest BCUT2D eigenvalue weighted by Crippen LogP contribution is 2.19. The van der Waals surface area contributed by atoms with Gasteiger partial charge in [0.15, 0.2) is 0 Å². The molecule has 1 heterocycles. The second kappa shape index (κ2) is 6.39. The van der Waals surface area contributed by atoms with Crippen LogP contribution in [-0.4, -0.2) is 24.5 Å². The van der Waals surface area contributed by atoms with Crippen molar-refractivity contribution in [3.8, 4) is 0 Å². The lowest BCUT2D eigenvalue weighted by molar-refractivity contribution is -0.125. The van der Waals surface area contributed by atoms with Crippen molar-refractivity contribution in [1.82, 2.24) is 10.6 Å². The molecule has 0 radical (unpaired) electrons. The maximum absolute atomic E-state index is 12.2. The van der Waals surface area contributed by atoms with E-state index in [9.17, 15) is 4.79 Å². The molecule has 3 heteroatoms. The van der Waals surface area contributed by atoms with E-state index in [0.717, 1.165) is 6.54 Å². The summed E-state index contributed by atoms with van der Waals surface area (Å²) in [5.74, 6) is 0.721. The Balaban J connectivity index is 1.82. The third kappa shape index (κ3) is 3.70. The summed E-state index contributed by atoms with van der Waals surface area (Å²) in [4.78, 5) is 12.2. The minimum absolute atomic E-state index is 0.0482. The molecule has 0 bridgehead atoms. The van der Waals surface area contributed by atoms with Gasteiger partial charge in [0.1, 0.15) is 0 Å². The Morgan fingerprint density at radius 2 is 1.76 bits per heavy atom. The summed E-state index contributed by atoms with van der Waals surface area (Å²) in [6.45, 7) is 3.18. The minimum atomic E-state index is 0.0482. The van der Waals surface area contributed by atoms with E-state index in [2.05, 4.69) is 17.6 Å². The Morgan fingerprint density at radius 3 is 2.41 bits per heavy atom. The zero-order chi connectivity index (χ0) is 12.1. The predicted molar refractivity (Wildman–Crippen MR) is 69.8 cm³/mol. The number of hydrogen-bond acceptors (Lipinski definition) is 2. The van der Waals surface area contributed by atoms with Crippen LogP contribution in [0.4, 0.5) is 0 Å². The zero-order valence-electron chi connectivity index (χ0n) is 11.0. The number of carbonyl (C=O) groups is 1. The molecule has 98 valence electrons. The molecule has 17 heavy (non-hydrogen) atoms. The average molecular weight is 238 g/mol. The molecule has 2 aliphatic rings. The lowest BCUT2D eigenvalue weighted by Crippen LogP contribution is -2.53. The van der Waals surface area contributed by atoms with Gasteiger partial charge in [-0.05, 0) is 38.1 Å². The Labute approximate surface area is 105 Å². The highest BCUT2D eigenvalue weighted by molar-refractivity contribution is 5.82. The van der Waals surface area contributed by atoms with E-state index in [4.69, 9.17) is 0 Å². The number of hydrogen-bond donors (Lipinski definition) is 2. The standard InChI is InChI=1S/C14H26N2O/c1-11-7-6-10-15-13(11)14(17)16-12-8-4-2-3-5-9-12/h11-13,15H,2-10H2,1H3,(H,16,17). The zero-order valence-corrected chi connectivity index (χ0v) is 11.0. The van der Waals surface area contributed by atoms with Gasteiger partial charge in [0.25, 0.3) is 0 Å². The molecule has 0 spiro atoms. The van der Waals surface area contributed by atoms with E-state index in [1.165, 1.54) is 51.4 Å². The van der Waals surface area contributed by atoms with Gasteiger partial charge in [0.05, 0.1) is 6.04 Å². The monoisotopic (exact) mass is 238 g/mol. The molecule has 0 aromatic carbocycles. The van der Waals surface area contributed by atoms with Crippen molar-refractivity contribution in [2.24, 2.45) is 5.92 Å². The van der Waals surface area contributed by atoms with Crippen molar-refractivity contribution >= 4 is 5.91 Å². The molecule has 0 aromatic heterocycles. The molecule has 1 amide bonds. The molecular weight excluding hydrogens is 212 g/mol. The predicted octanol–water partition coefficient (Wildman–Crippen LogP) is 2.21. The summed E-state index contributed by atoms with van der Waals surface area (Å²) in [5.41, 5.74) is 0.